The summed E-state index contributed by atoms with van der Waals surface area (Å²) in [5, 5.41) is 0. The normalized spacial score (nSPS) is 10.1. The van der Waals surface area contributed by atoms with Gasteiger partial charge in [0.25, 0.3) is 5.91 Å². The van der Waals surface area contributed by atoms with Gasteiger partial charge in [0.1, 0.15) is 0 Å². The maximum Gasteiger partial charge on any atom is 0.281 e. The molecule has 1 amide bonds. The third-order valence-electron chi connectivity index (χ3n) is 1.94. The zero-order valence-electron chi connectivity index (χ0n) is 8.61. The van der Waals surface area contributed by atoms with Crippen LogP contribution in [0, 0.1) is 0 Å². The van der Waals surface area contributed by atoms with Crippen molar-refractivity contribution >= 4 is 39.7 Å². The van der Waals surface area contributed by atoms with Crippen LogP contribution in [0.25, 0.3) is 0 Å². The lowest BCUT2D eigenvalue weighted by atomic mass is 10.2. The predicted molar refractivity (Wildman–Crippen MR) is 67.5 cm³/mol. The second kappa shape index (κ2) is 5.24. The molecule has 15 heavy (non-hydrogen) atoms. The standard InChI is InChI=1S/C11H12ClNOS/c1-8(2)13(11(14)10(12)15)9-6-4-3-5-7-9/h3-8H,1-2H3. The third-order valence-corrected chi connectivity index (χ3v) is 2.27. The summed E-state index contributed by atoms with van der Waals surface area (Å²) in [6, 6.07) is 9.37. The Morgan fingerprint density at radius 3 is 2.27 bits per heavy atom. The van der Waals surface area contributed by atoms with Crippen LogP contribution in [0.4, 0.5) is 5.69 Å². The highest BCUT2D eigenvalue weighted by molar-refractivity contribution is 7.85. The Kier molecular flexibility index (Phi) is 4.24. The Balaban J connectivity index is 3.04. The first-order valence-electron chi connectivity index (χ1n) is 4.62. The van der Waals surface area contributed by atoms with E-state index in [4.69, 9.17) is 11.6 Å². The Morgan fingerprint density at radius 1 is 1.33 bits per heavy atom. The second-order valence-corrected chi connectivity index (χ2v) is 4.39. The van der Waals surface area contributed by atoms with Gasteiger partial charge in [-0.25, -0.2) is 0 Å². The highest BCUT2D eigenvalue weighted by atomic mass is 35.5. The van der Waals surface area contributed by atoms with Gasteiger partial charge in [0.2, 0.25) is 0 Å². The summed E-state index contributed by atoms with van der Waals surface area (Å²) >= 11 is 10.2. The number of benzene rings is 1. The summed E-state index contributed by atoms with van der Waals surface area (Å²) in [5.74, 6) is -0.326. The van der Waals surface area contributed by atoms with Gasteiger partial charge in [0.05, 0.1) is 0 Å². The molecule has 0 aliphatic carbocycles. The number of nitrogens with zero attached hydrogens (tertiary/aromatic N) is 1. The van der Waals surface area contributed by atoms with Crippen molar-refractivity contribution < 1.29 is 4.79 Å². The van der Waals surface area contributed by atoms with E-state index in [9.17, 15) is 4.79 Å². The fourth-order valence-corrected chi connectivity index (χ4v) is 1.52. The van der Waals surface area contributed by atoms with Gasteiger partial charge < -0.3 is 4.90 Å². The number of halogens is 1. The van der Waals surface area contributed by atoms with E-state index in [0.29, 0.717) is 0 Å². The van der Waals surface area contributed by atoms with E-state index in [2.05, 4.69) is 12.2 Å². The van der Waals surface area contributed by atoms with Crippen molar-refractivity contribution in [3.63, 3.8) is 0 Å². The summed E-state index contributed by atoms with van der Waals surface area (Å²) in [6.07, 6.45) is 0. The van der Waals surface area contributed by atoms with Crippen molar-refractivity contribution in [2.75, 3.05) is 4.90 Å². The Labute approximate surface area is 99.8 Å². The number of rotatable bonds is 3. The molecule has 4 heteroatoms. The molecule has 0 aromatic heterocycles. The topological polar surface area (TPSA) is 20.3 Å². The lowest BCUT2D eigenvalue weighted by Crippen LogP contribution is -2.39. The second-order valence-electron chi connectivity index (χ2n) is 3.38. The molecule has 0 bridgehead atoms. The smallest absolute Gasteiger partial charge is 0.281 e. The van der Waals surface area contributed by atoms with Gasteiger partial charge in [0, 0.05) is 11.7 Å². The van der Waals surface area contributed by atoms with Crippen LogP contribution in [0.15, 0.2) is 30.3 Å². The van der Waals surface area contributed by atoms with Gasteiger partial charge in [0.15, 0.2) is 4.32 Å². The van der Waals surface area contributed by atoms with Gasteiger partial charge in [-0.15, -0.1) is 0 Å². The molecule has 0 atom stereocenters. The predicted octanol–water partition coefficient (Wildman–Crippen LogP) is 2.99. The fraction of sp³-hybridized carbons (Fsp3) is 0.273. The third kappa shape index (κ3) is 3.01. The van der Waals surface area contributed by atoms with E-state index in [1.54, 1.807) is 4.90 Å². The summed E-state index contributed by atoms with van der Waals surface area (Å²) < 4.78 is -0.132. The van der Waals surface area contributed by atoms with Crippen LogP contribution >= 0.6 is 23.8 Å². The summed E-state index contributed by atoms with van der Waals surface area (Å²) in [6.45, 7) is 3.83. The molecule has 0 spiro atoms. The molecular weight excluding hydrogens is 230 g/mol. The zero-order valence-corrected chi connectivity index (χ0v) is 10.2. The average molecular weight is 242 g/mol. The molecule has 0 N–H and O–H groups in total. The molecule has 0 fully saturated rings. The van der Waals surface area contributed by atoms with E-state index in [1.165, 1.54) is 0 Å². The van der Waals surface area contributed by atoms with Crippen molar-refractivity contribution in [3.05, 3.63) is 30.3 Å². The lowest BCUT2D eigenvalue weighted by Gasteiger charge is -2.25. The molecule has 0 radical (unpaired) electrons. The minimum atomic E-state index is -0.326. The van der Waals surface area contributed by atoms with Gasteiger partial charge in [-0.3, -0.25) is 4.79 Å². The fourth-order valence-electron chi connectivity index (χ4n) is 1.33. The van der Waals surface area contributed by atoms with Crippen molar-refractivity contribution in [2.45, 2.75) is 19.9 Å². The number of anilines is 1. The van der Waals surface area contributed by atoms with Gasteiger partial charge in [-0.2, -0.15) is 0 Å². The van der Waals surface area contributed by atoms with E-state index >= 15 is 0 Å². The quantitative estimate of drug-likeness (QED) is 0.599. The summed E-state index contributed by atoms with van der Waals surface area (Å²) in [5.41, 5.74) is 0.806. The van der Waals surface area contributed by atoms with E-state index < -0.39 is 0 Å². The minimum absolute atomic E-state index is 0.0246. The summed E-state index contributed by atoms with van der Waals surface area (Å²) in [4.78, 5) is 13.3. The number of hydrogen-bond acceptors (Lipinski definition) is 2. The molecule has 0 unspecified atom stereocenters. The SMILES string of the molecule is CC(C)N(C(=O)C(=S)Cl)c1ccccc1. The van der Waals surface area contributed by atoms with Gasteiger partial charge >= 0.3 is 0 Å². The van der Waals surface area contributed by atoms with Crippen LogP contribution in [0.2, 0.25) is 0 Å². The molecule has 2 nitrogen and oxygen atoms in total. The largest absolute Gasteiger partial charge is 0.304 e. The van der Waals surface area contributed by atoms with Crippen LogP contribution in [-0.4, -0.2) is 16.3 Å². The molecule has 80 valence electrons. The maximum atomic E-state index is 11.7. The van der Waals surface area contributed by atoms with E-state index in [0.717, 1.165) is 5.69 Å². The number of carbonyl (C=O) groups excluding carboxylic acids is 1. The molecule has 1 aromatic rings. The molecule has 1 rings (SSSR count). The minimum Gasteiger partial charge on any atom is -0.304 e. The Hall–Kier alpha value is -0.930. The highest BCUT2D eigenvalue weighted by Gasteiger charge is 2.21. The molecular formula is C11H12ClNOS. The summed E-state index contributed by atoms with van der Waals surface area (Å²) in [7, 11) is 0. The molecule has 0 saturated heterocycles. The Morgan fingerprint density at radius 2 is 1.87 bits per heavy atom. The van der Waals surface area contributed by atoms with Gasteiger partial charge in [-0.1, -0.05) is 42.0 Å². The number of amides is 1. The van der Waals surface area contributed by atoms with Crippen LogP contribution < -0.4 is 4.90 Å². The van der Waals surface area contributed by atoms with Gasteiger partial charge in [-0.05, 0) is 26.0 Å². The van der Waals surface area contributed by atoms with E-state index in [1.807, 2.05) is 44.2 Å². The molecule has 0 saturated carbocycles. The van der Waals surface area contributed by atoms with Crippen molar-refractivity contribution in [3.8, 4) is 0 Å². The van der Waals surface area contributed by atoms with Crippen molar-refractivity contribution in [2.24, 2.45) is 0 Å². The molecule has 1 aromatic carbocycles. The van der Waals surface area contributed by atoms with Crippen LogP contribution in [0.1, 0.15) is 13.8 Å². The number of thiocarbonyl (C=S) groups is 1. The van der Waals surface area contributed by atoms with Crippen molar-refractivity contribution in [1.29, 1.82) is 0 Å². The first-order valence-corrected chi connectivity index (χ1v) is 5.40. The first-order chi connectivity index (χ1) is 7.04. The molecule has 0 aliphatic rings. The van der Waals surface area contributed by atoms with Crippen LogP contribution in [-0.2, 0) is 4.79 Å². The highest BCUT2D eigenvalue weighted by Crippen LogP contribution is 2.17. The van der Waals surface area contributed by atoms with E-state index in [-0.39, 0.29) is 16.3 Å². The van der Waals surface area contributed by atoms with Crippen molar-refractivity contribution in [1.82, 2.24) is 0 Å². The zero-order chi connectivity index (χ0) is 11.4. The number of para-hydroxylation sites is 1. The average Bonchev–Trinajstić information content (AvgIpc) is 2.18. The molecule has 0 heterocycles. The monoisotopic (exact) mass is 241 g/mol. The number of carbonyl (C=O) groups is 1. The maximum absolute atomic E-state index is 11.7. The van der Waals surface area contributed by atoms with Crippen LogP contribution in [0.3, 0.4) is 0 Å². The van der Waals surface area contributed by atoms with Crippen LogP contribution in [0.5, 0.6) is 0 Å². The Bertz CT molecular complexity index is 364. The lowest BCUT2D eigenvalue weighted by molar-refractivity contribution is -0.112. The molecule has 0 aliphatic heterocycles. The first kappa shape index (κ1) is 12.1. The number of hydrogen-bond donors (Lipinski definition) is 0.